The van der Waals surface area contributed by atoms with Gasteiger partial charge >= 0.3 is 0 Å². The van der Waals surface area contributed by atoms with Gasteiger partial charge in [0.2, 0.25) is 5.91 Å². The van der Waals surface area contributed by atoms with Gasteiger partial charge in [-0.05, 0) is 43.2 Å². The van der Waals surface area contributed by atoms with Gasteiger partial charge in [-0.15, -0.1) is 11.3 Å². The third kappa shape index (κ3) is 4.65. The summed E-state index contributed by atoms with van der Waals surface area (Å²) in [6.45, 7) is -0.363. The van der Waals surface area contributed by atoms with Crippen molar-refractivity contribution in [2.24, 2.45) is 0 Å². The molecule has 1 aliphatic carbocycles. The van der Waals surface area contributed by atoms with Crippen molar-refractivity contribution in [3.8, 4) is 0 Å². The van der Waals surface area contributed by atoms with Gasteiger partial charge in [-0.3, -0.25) is 14.2 Å². The zero-order valence-corrected chi connectivity index (χ0v) is 17.1. The molecule has 0 spiro atoms. The first kappa shape index (κ1) is 20.4. The Labute approximate surface area is 175 Å². The summed E-state index contributed by atoms with van der Waals surface area (Å²) in [5.41, 5.74) is 0.628. The molecule has 30 heavy (non-hydrogen) atoms. The van der Waals surface area contributed by atoms with Crippen LogP contribution >= 0.6 is 11.3 Å². The van der Waals surface area contributed by atoms with Gasteiger partial charge in [-0.25, -0.2) is 22.2 Å². The molecule has 3 aromatic rings. The van der Waals surface area contributed by atoms with E-state index in [0.717, 1.165) is 28.9 Å². The molecule has 0 radical (unpaired) electrons. The number of amides is 1. The summed E-state index contributed by atoms with van der Waals surface area (Å²) >= 11 is 1.15. The van der Waals surface area contributed by atoms with E-state index in [9.17, 15) is 22.0 Å². The van der Waals surface area contributed by atoms with Crippen LogP contribution in [0.25, 0.3) is 0 Å². The van der Waals surface area contributed by atoms with E-state index in [1.54, 1.807) is 5.38 Å². The summed E-state index contributed by atoms with van der Waals surface area (Å²) in [4.78, 5) is 16.2. The number of carbonyl (C=O) groups excluding carboxylic acids is 1. The summed E-state index contributed by atoms with van der Waals surface area (Å²) < 4.78 is 54.5. The van der Waals surface area contributed by atoms with Crippen LogP contribution < -0.4 is 10.0 Å². The molecule has 0 atom stereocenters. The third-order valence-corrected chi connectivity index (χ3v) is 6.62. The SMILES string of the molecule is O=C(Cn1nc(C2CC2)cc1C(F)F)Nc1ccc(S(=O)(=O)Nc2nccs2)cc1. The molecule has 0 unspecified atom stereocenters. The number of nitrogens with one attached hydrogen (secondary N) is 2. The predicted molar refractivity (Wildman–Crippen MR) is 107 cm³/mol. The van der Waals surface area contributed by atoms with Crippen LogP contribution in [0.3, 0.4) is 0 Å². The van der Waals surface area contributed by atoms with Gasteiger partial charge < -0.3 is 5.32 Å². The Morgan fingerprint density at radius 2 is 2.00 bits per heavy atom. The standard InChI is InChI=1S/C18H17F2N5O3S2/c19-17(20)15-9-14(11-1-2-11)23-25(15)10-16(26)22-12-3-5-13(6-4-12)30(27,28)24-18-21-7-8-29-18/h3-9,11,17H,1-2,10H2,(H,21,24)(H,22,26). The van der Waals surface area contributed by atoms with Crippen LogP contribution in [0.15, 0.2) is 46.8 Å². The lowest BCUT2D eigenvalue weighted by molar-refractivity contribution is -0.117. The molecule has 0 saturated heterocycles. The molecule has 8 nitrogen and oxygen atoms in total. The minimum absolute atomic E-state index is 0.00293. The Morgan fingerprint density at radius 3 is 2.60 bits per heavy atom. The van der Waals surface area contributed by atoms with E-state index in [4.69, 9.17) is 0 Å². The number of aromatic nitrogens is 3. The zero-order chi connectivity index (χ0) is 21.3. The number of alkyl halides is 2. The van der Waals surface area contributed by atoms with Crippen molar-refractivity contribution in [3.05, 3.63) is 53.3 Å². The zero-order valence-electron chi connectivity index (χ0n) is 15.5. The van der Waals surface area contributed by atoms with Gasteiger partial charge in [0.1, 0.15) is 12.2 Å². The summed E-state index contributed by atoms with van der Waals surface area (Å²) in [6.07, 6.45) is 0.581. The average molecular weight is 453 g/mol. The molecule has 1 saturated carbocycles. The lowest BCUT2D eigenvalue weighted by Crippen LogP contribution is -2.21. The van der Waals surface area contributed by atoms with E-state index in [1.165, 1.54) is 36.5 Å². The van der Waals surface area contributed by atoms with Crippen LogP contribution in [0.1, 0.15) is 36.6 Å². The summed E-state index contributed by atoms with van der Waals surface area (Å²) in [7, 11) is -3.80. The number of thiazole rings is 1. The van der Waals surface area contributed by atoms with Gasteiger partial charge in [0.25, 0.3) is 16.4 Å². The molecule has 158 valence electrons. The van der Waals surface area contributed by atoms with Gasteiger partial charge in [-0.2, -0.15) is 5.10 Å². The van der Waals surface area contributed by atoms with E-state index < -0.39 is 22.4 Å². The Balaban J connectivity index is 1.42. The summed E-state index contributed by atoms with van der Waals surface area (Å²) in [5, 5.41) is 8.59. The van der Waals surface area contributed by atoms with Gasteiger partial charge in [0, 0.05) is 23.2 Å². The lowest BCUT2D eigenvalue weighted by Gasteiger charge is -2.09. The number of sulfonamides is 1. The smallest absolute Gasteiger partial charge is 0.280 e. The summed E-state index contributed by atoms with van der Waals surface area (Å²) in [6, 6.07) is 6.84. The minimum atomic E-state index is -3.80. The fraction of sp³-hybridized carbons (Fsp3) is 0.278. The first-order chi connectivity index (χ1) is 14.3. The second-order valence-corrected chi connectivity index (χ2v) is 9.32. The van der Waals surface area contributed by atoms with Crippen molar-refractivity contribution in [2.75, 3.05) is 10.0 Å². The number of rotatable bonds is 8. The highest BCUT2D eigenvalue weighted by atomic mass is 32.2. The normalized spacial score (nSPS) is 14.1. The number of halogens is 2. The number of benzene rings is 1. The van der Waals surface area contributed by atoms with Crippen LogP contribution in [0.2, 0.25) is 0 Å². The average Bonchev–Trinajstić information content (AvgIpc) is 3.26. The Bertz CT molecular complexity index is 1140. The highest BCUT2D eigenvalue weighted by Gasteiger charge is 2.29. The maximum Gasteiger partial charge on any atom is 0.280 e. The van der Waals surface area contributed by atoms with Crippen LogP contribution in [0.5, 0.6) is 0 Å². The van der Waals surface area contributed by atoms with Crippen LogP contribution in [-0.4, -0.2) is 29.1 Å². The fourth-order valence-corrected chi connectivity index (χ4v) is 4.62. The van der Waals surface area contributed by atoms with E-state index in [0.29, 0.717) is 11.4 Å². The largest absolute Gasteiger partial charge is 0.324 e. The first-order valence-corrected chi connectivity index (χ1v) is 11.4. The van der Waals surface area contributed by atoms with Crippen LogP contribution in [0, 0.1) is 0 Å². The van der Waals surface area contributed by atoms with E-state index in [2.05, 4.69) is 20.1 Å². The van der Waals surface area contributed by atoms with Gasteiger partial charge in [0.05, 0.1) is 10.6 Å². The lowest BCUT2D eigenvalue weighted by atomic mass is 10.3. The number of hydrogen-bond acceptors (Lipinski definition) is 6. The van der Waals surface area contributed by atoms with Crippen LogP contribution in [-0.2, 0) is 21.4 Å². The molecule has 12 heteroatoms. The molecule has 2 heterocycles. The molecule has 0 aliphatic heterocycles. The molecule has 1 fully saturated rings. The number of hydrogen-bond donors (Lipinski definition) is 2. The van der Waals surface area contributed by atoms with Crippen molar-refractivity contribution in [1.29, 1.82) is 0 Å². The third-order valence-electron chi connectivity index (χ3n) is 4.44. The molecule has 1 aromatic carbocycles. The molecular weight excluding hydrogens is 436 g/mol. The monoisotopic (exact) mass is 453 g/mol. The fourth-order valence-electron chi connectivity index (χ4n) is 2.83. The van der Waals surface area contributed by atoms with Gasteiger partial charge in [-0.1, -0.05) is 0 Å². The Hall–Kier alpha value is -2.86. The van der Waals surface area contributed by atoms with Crippen LogP contribution in [0.4, 0.5) is 19.6 Å². The number of nitrogens with zero attached hydrogens (tertiary/aromatic N) is 3. The maximum absolute atomic E-state index is 13.2. The topological polar surface area (TPSA) is 106 Å². The van der Waals surface area contributed by atoms with E-state index in [1.807, 2.05) is 0 Å². The minimum Gasteiger partial charge on any atom is -0.324 e. The number of carbonyl (C=O) groups is 1. The van der Waals surface area contributed by atoms with Crippen molar-refractivity contribution in [2.45, 2.75) is 36.6 Å². The van der Waals surface area contributed by atoms with E-state index in [-0.39, 0.29) is 28.2 Å². The van der Waals surface area contributed by atoms with Gasteiger partial charge in [0.15, 0.2) is 5.13 Å². The van der Waals surface area contributed by atoms with Crippen molar-refractivity contribution in [3.63, 3.8) is 0 Å². The molecule has 1 aliphatic rings. The van der Waals surface area contributed by atoms with Crippen molar-refractivity contribution < 1.29 is 22.0 Å². The second kappa shape index (κ2) is 8.11. The predicted octanol–water partition coefficient (Wildman–Crippen LogP) is 3.59. The van der Waals surface area contributed by atoms with Crippen molar-refractivity contribution in [1.82, 2.24) is 14.8 Å². The Kier molecular flexibility index (Phi) is 5.52. The molecule has 2 N–H and O–H groups in total. The highest BCUT2D eigenvalue weighted by molar-refractivity contribution is 7.93. The molecule has 4 rings (SSSR count). The molecular formula is C18H17F2N5O3S2. The van der Waals surface area contributed by atoms with E-state index >= 15 is 0 Å². The number of anilines is 2. The van der Waals surface area contributed by atoms with Crippen molar-refractivity contribution >= 4 is 38.1 Å². The molecule has 0 bridgehead atoms. The molecule has 1 amide bonds. The second-order valence-electron chi connectivity index (χ2n) is 6.74. The molecule has 2 aromatic heterocycles. The highest BCUT2D eigenvalue weighted by Crippen LogP contribution is 2.40. The quantitative estimate of drug-likeness (QED) is 0.542. The first-order valence-electron chi connectivity index (χ1n) is 9.00. The maximum atomic E-state index is 13.2. The Morgan fingerprint density at radius 1 is 1.27 bits per heavy atom. The summed E-state index contributed by atoms with van der Waals surface area (Å²) in [5.74, 6) is -0.349.